The molecule has 6 heteroatoms. The van der Waals surface area contributed by atoms with Gasteiger partial charge >= 0.3 is 12.2 Å². The average Bonchev–Trinajstić information content (AvgIpc) is 2.35. The second-order valence-electron chi connectivity index (χ2n) is 5.86. The van der Waals surface area contributed by atoms with Gasteiger partial charge in [0.15, 0.2) is 6.23 Å². The molecule has 0 saturated heterocycles. The number of carbonyl (C=O) groups is 2. The Bertz CT molecular complexity index is 549. The molecular formula is C15H19NO5. The number of aryl methyl sites for hydroxylation is 1. The summed E-state index contributed by atoms with van der Waals surface area (Å²) in [5, 5.41) is 8.84. The molecule has 6 nitrogen and oxygen atoms in total. The summed E-state index contributed by atoms with van der Waals surface area (Å²) in [5.41, 5.74) is 0.926. The van der Waals surface area contributed by atoms with Crippen molar-refractivity contribution < 1.29 is 24.2 Å². The quantitative estimate of drug-likeness (QED) is 0.803. The summed E-state index contributed by atoms with van der Waals surface area (Å²) in [4.78, 5) is 24.5. The number of fused-ring (bicyclic) bond motifs is 1. The number of carboxylic acid groups (broad SMARTS) is 1. The number of carbonyl (C=O) groups excluding carboxylic acids is 1. The van der Waals surface area contributed by atoms with Crippen LogP contribution in [0.4, 0.5) is 15.3 Å². The minimum Gasteiger partial charge on any atom is -0.450 e. The Morgan fingerprint density at radius 1 is 1.29 bits per heavy atom. The average molecular weight is 293 g/mol. The molecule has 1 aromatic rings. The summed E-state index contributed by atoms with van der Waals surface area (Å²) in [6, 6.07) is 7.34. The predicted octanol–water partition coefficient (Wildman–Crippen LogP) is 3.40. The van der Waals surface area contributed by atoms with Crippen LogP contribution in [0.15, 0.2) is 24.3 Å². The van der Waals surface area contributed by atoms with Gasteiger partial charge < -0.3 is 14.6 Å². The normalized spacial score (nSPS) is 17.9. The number of rotatable bonds is 1. The first-order valence-corrected chi connectivity index (χ1v) is 6.77. The Morgan fingerprint density at radius 3 is 2.57 bits per heavy atom. The van der Waals surface area contributed by atoms with Crippen molar-refractivity contribution in [3.05, 3.63) is 29.8 Å². The molecule has 0 unspecified atom stereocenters. The van der Waals surface area contributed by atoms with E-state index in [1.54, 1.807) is 32.9 Å². The largest absolute Gasteiger partial charge is 0.507 e. The van der Waals surface area contributed by atoms with Crippen molar-refractivity contribution in [2.24, 2.45) is 0 Å². The molecule has 21 heavy (non-hydrogen) atoms. The van der Waals surface area contributed by atoms with Gasteiger partial charge in [-0.2, -0.15) is 0 Å². The number of nitrogens with zero attached hydrogens (tertiary/aromatic N) is 1. The molecule has 2 rings (SSSR count). The van der Waals surface area contributed by atoms with E-state index in [0.29, 0.717) is 18.5 Å². The third-order valence-electron chi connectivity index (χ3n) is 3.03. The molecule has 1 N–H and O–H groups in total. The summed E-state index contributed by atoms with van der Waals surface area (Å²) in [6.45, 7) is 5.27. The van der Waals surface area contributed by atoms with Crippen LogP contribution in [0.2, 0.25) is 0 Å². The van der Waals surface area contributed by atoms with E-state index in [1.165, 1.54) is 4.90 Å². The Morgan fingerprint density at radius 2 is 1.95 bits per heavy atom. The van der Waals surface area contributed by atoms with Crippen molar-refractivity contribution in [3.8, 4) is 0 Å². The van der Waals surface area contributed by atoms with Gasteiger partial charge in [-0.3, -0.25) is 0 Å². The first-order chi connectivity index (χ1) is 9.78. The van der Waals surface area contributed by atoms with E-state index in [4.69, 9.17) is 14.6 Å². The Kier molecular flexibility index (Phi) is 4.06. The molecule has 0 aromatic heterocycles. The number of anilines is 1. The van der Waals surface area contributed by atoms with Gasteiger partial charge in [0.1, 0.15) is 5.60 Å². The van der Waals surface area contributed by atoms with Gasteiger partial charge in [-0.1, -0.05) is 18.2 Å². The van der Waals surface area contributed by atoms with Crippen molar-refractivity contribution in [2.75, 3.05) is 4.90 Å². The third kappa shape index (κ3) is 3.65. The highest BCUT2D eigenvalue weighted by Gasteiger charge is 2.36. The van der Waals surface area contributed by atoms with Crippen molar-refractivity contribution in [1.29, 1.82) is 0 Å². The van der Waals surface area contributed by atoms with E-state index in [1.807, 2.05) is 12.1 Å². The van der Waals surface area contributed by atoms with E-state index in [0.717, 1.165) is 5.56 Å². The molecule has 0 bridgehead atoms. The molecule has 1 aliphatic rings. The van der Waals surface area contributed by atoms with E-state index < -0.39 is 24.1 Å². The molecular weight excluding hydrogens is 274 g/mol. The number of hydrogen-bond acceptors (Lipinski definition) is 4. The van der Waals surface area contributed by atoms with Gasteiger partial charge in [0.2, 0.25) is 0 Å². The summed E-state index contributed by atoms with van der Waals surface area (Å²) in [5.74, 6) is 0. The van der Waals surface area contributed by atoms with Crippen molar-refractivity contribution in [2.45, 2.75) is 45.4 Å². The second-order valence-corrected chi connectivity index (χ2v) is 5.86. The van der Waals surface area contributed by atoms with Crippen LogP contribution < -0.4 is 4.90 Å². The van der Waals surface area contributed by atoms with Crippen molar-refractivity contribution >= 4 is 17.9 Å². The van der Waals surface area contributed by atoms with Gasteiger partial charge in [0.05, 0.1) is 5.69 Å². The molecule has 1 amide bonds. The Balaban J connectivity index is 2.34. The SMILES string of the molecule is CC(C)(C)OC(=O)N1c2ccccc2CC[C@@H]1OC(=O)O. The summed E-state index contributed by atoms with van der Waals surface area (Å²) in [7, 11) is 0. The zero-order valence-electron chi connectivity index (χ0n) is 12.3. The monoisotopic (exact) mass is 293 g/mol. The second kappa shape index (κ2) is 5.63. The maximum Gasteiger partial charge on any atom is 0.507 e. The third-order valence-corrected chi connectivity index (χ3v) is 3.03. The molecule has 1 heterocycles. The maximum atomic E-state index is 12.4. The lowest BCUT2D eigenvalue weighted by molar-refractivity contribution is 0.0258. The molecule has 1 aliphatic heterocycles. The van der Waals surface area contributed by atoms with Crippen LogP contribution in [-0.2, 0) is 15.9 Å². The summed E-state index contributed by atoms with van der Waals surface area (Å²) >= 11 is 0. The van der Waals surface area contributed by atoms with E-state index in [-0.39, 0.29) is 0 Å². The topological polar surface area (TPSA) is 76.1 Å². The van der Waals surface area contributed by atoms with Crippen LogP contribution in [0.1, 0.15) is 32.8 Å². The first-order valence-electron chi connectivity index (χ1n) is 6.77. The predicted molar refractivity (Wildman–Crippen MR) is 76.4 cm³/mol. The minimum absolute atomic E-state index is 0.405. The Labute approximate surface area is 123 Å². The van der Waals surface area contributed by atoms with Crippen LogP contribution in [0.5, 0.6) is 0 Å². The van der Waals surface area contributed by atoms with E-state index in [9.17, 15) is 9.59 Å². The smallest absolute Gasteiger partial charge is 0.450 e. The fourth-order valence-corrected chi connectivity index (χ4v) is 2.28. The van der Waals surface area contributed by atoms with Crippen LogP contribution in [0, 0.1) is 0 Å². The van der Waals surface area contributed by atoms with Crippen LogP contribution in [0.3, 0.4) is 0 Å². The molecule has 0 spiro atoms. The molecule has 1 aromatic carbocycles. The van der Waals surface area contributed by atoms with Crippen molar-refractivity contribution in [1.82, 2.24) is 0 Å². The lowest BCUT2D eigenvalue weighted by atomic mass is 10.0. The Hall–Kier alpha value is -2.24. The molecule has 0 radical (unpaired) electrons. The van der Waals surface area contributed by atoms with E-state index >= 15 is 0 Å². The van der Waals surface area contributed by atoms with Crippen molar-refractivity contribution in [3.63, 3.8) is 0 Å². The van der Waals surface area contributed by atoms with Gasteiger partial charge in [0.25, 0.3) is 0 Å². The molecule has 0 saturated carbocycles. The number of benzene rings is 1. The first kappa shape index (κ1) is 15.2. The lowest BCUT2D eigenvalue weighted by Gasteiger charge is -2.36. The highest BCUT2D eigenvalue weighted by atomic mass is 16.7. The van der Waals surface area contributed by atoms with E-state index in [2.05, 4.69) is 0 Å². The van der Waals surface area contributed by atoms with Gasteiger partial charge in [-0.15, -0.1) is 0 Å². The molecule has 0 aliphatic carbocycles. The fourth-order valence-electron chi connectivity index (χ4n) is 2.28. The number of hydrogen-bond donors (Lipinski definition) is 1. The molecule has 0 fully saturated rings. The van der Waals surface area contributed by atoms with Gasteiger partial charge in [0, 0.05) is 6.42 Å². The molecule has 1 atom stereocenters. The highest BCUT2D eigenvalue weighted by molar-refractivity contribution is 5.90. The van der Waals surface area contributed by atoms with Gasteiger partial charge in [-0.25, -0.2) is 14.5 Å². The number of para-hydroxylation sites is 1. The maximum absolute atomic E-state index is 12.4. The minimum atomic E-state index is -1.41. The number of amides is 1. The zero-order chi connectivity index (χ0) is 15.6. The van der Waals surface area contributed by atoms with Crippen LogP contribution in [0.25, 0.3) is 0 Å². The fraction of sp³-hybridized carbons (Fsp3) is 0.467. The molecule has 114 valence electrons. The number of ether oxygens (including phenoxy) is 2. The zero-order valence-corrected chi connectivity index (χ0v) is 12.3. The van der Waals surface area contributed by atoms with Crippen LogP contribution >= 0.6 is 0 Å². The highest BCUT2D eigenvalue weighted by Crippen LogP contribution is 2.32. The summed E-state index contributed by atoms with van der Waals surface area (Å²) in [6.07, 6.45) is -1.84. The summed E-state index contributed by atoms with van der Waals surface area (Å²) < 4.78 is 10.2. The van der Waals surface area contributed by atoms with Gasteiger partial charge in [-0.05, 0) is 38.8 Å². The lowest BCUT2D eigenvalue weighted by Crippen LogP contribution is -2.48. The van der Waals surface area contributed by atoms with Crippen LogP contribution in [-0.4, -0.2) is 29.2 Å². The standard InChI is InChI=1S/C15H19NO5/c1-15(2,3)21-13(17)16-11-7-5-4-6-10(11)8-9-12(16)20-14(18)19/h4-7,12H,8-9H2,1-3H3,(H,18,19)/t12-/m0/s1.